The van der Waals surface area contributed by atoms with Crippen molar-refractivity contribution in [2.45, 2.75) is 11.4 Å². The molecule has 1 aromatic heterocycles. The van der Waals surface area contributed by atoms with Gasteiger partial charge in [-0.05, 0) is 66.0 Å². The summed E-state index contributed by atoms with van der Waals surface area (Å²) in [6.07, 6.45) is 1.65. The van der Waals surface area contributed by atoms with Crippen LogP contribution in [0.2, 0.25) is 0 Å². The molecule has 0 bridgehead atoms. The first-order valence-electron chi connectivity index (χ1n) is 7.75. The molecule has 3 nitrogen and oxygen atoms in total. The van der Waals surface area contributed by atoms with Gasteiger partial charge in [-0.3, -0.25) is 4.72 Å². The maximum atomic E-state index is 8.86. The summed E-state index contributed by atoms with van der Waals surface area (Å²) in [6.45, 7) is 0.664. The molecule has 4 heteroatoms. The normalized spacial score (nSPS) is 9.72. The molecule has 0 fully saturated rings. The molecule has 0 unspecified atom stereocenters. The van der Waals surface area contributed by atoms with Crippen molar-refractivity contribution in [2.75, 3.05) is 0 Å². The lowest BCUT2D eigenvalue weighted by molar-refractivity contribution is 0.966. The Bertz CT molecular complexity index is 933. The third kappa shape index (κ3) is 5.22. The van der Waals surface area contributed by atoms with Crippen molar-refractivity contribution in [3.8, 4) is 17.9 Å². The third-order valence-corrected chi connectivity index (χ3v) is 4.18. The molecule has 0 radical (unpaired) electrons. The molecule has 25 heavy (non-hydrogen) atoms. The van der Waals surface area contributed by atoms with E-state index in [9.17, 15) is 0 Å². The lowest BCUT2D eigenvalue weighted by Crippen LogP contribution is -2.03. The zero-order chi connectivity index (χ0) is 17.3. The third-order valence-electron chi connectivity index (χ3n) is 3.38. The molecule has 0 atom stereocenters. The number of hydrogen-bond acceptors (Lipinski definition) is 4. The predicted octanol–water partition coefficient (Wildman–Crippen LogP) is 4.15. The molecule has 0 aliphatic rings. The number of hydrogen-bond donors (Lipinski definition) is 1. The Morgan fingerprint density at radius 3 is 2.36 bits per heavy atom. The molecule has 2 aromatic carbocycles. The molecule has 0 spiro atoms. The van der Waals surface area contributed by atoms with Crippen LogP contribution in [0.5, 0.6) is 0 Å². The number of benzene rings is 2. The predicted molar refractivity (Wildman–Crippen MR) is 101 cm³/mol. The Morgan fingerprint density at radius 2 is 1.64 bits per heavy atom. The first-order valence-corrected chi connectivity index (χ1v) is 8.57. The van der Waals surface area contributed by atoms with Crippen molar-refractivity contribution in [3.05, 3.63) is 95.3 Å². The Balaban J connectivity index is 1.54. The summed E-state index contributed by atoms with van der Waals surface area (Å²) in [7, 11) is 0. The van der Waals surface area contributed by atoms with Gasteiger partial charge in [0.25, 0.3) is 0 Å². The number of aromatic nitrogens is 1. The molecule has 0 amide bonds. The van der Waals surface area contributed by atoms with Gasteiger partial charge in [-0.2, -0.15) is 5.26 Å². The quantitative estimate of drug-likeness (QED) is 0.572. The summed E-state index contributed by atoms with van der Waals surface area (Å²) in [5.74, 6) is 6.32. The fraction of sp³-hybridized carbons (Fsp3) is 0.0476. The Hall–Kier alpha value is -3.05. The van der Waals surface area contributed by atoms with Crippen LogP contribution in [0.25, 0.3) is 0 Å². The summed E-state index contributed by atoms with van der Waals surface area (Å²) in [6, 6.07) is 23.8. The molecular formula is C21H15N3S. The molecule has 0 saturated heterocycles. The van der Waals surface area contributed by atoms with E-state index >= 15 is 0 Å². The standard InChI is InChI=1S/C21H15N3S/c22-15-20-14-19(12-13-23-20)16-24-25-21-10-8-18(9-11-21)7-6-17-4-2-1-3-5-17/h1-5,8-14,24H,16H2. The van der Waals surface area contributed by atoms with Crippen LogP contribution in [0, 0.1) is 23.2 Å². The average Bonchev–Trinajstić information content (AvgIpc) is 2.68. The highest BCUT2D eigenvalue weighted by molar-refractivity contribution is 7.97. The summed E-state index contributed by atoms with van der Waals surface area (Å²) >= 11 is 1.55. The van der Waals surface area contributed by atoms with Gasteiger partial charge in [-0.15, -0.1) is 0 Å². The summed E-state index contributed by atoms with van der Waals surface area (Å²) < 4.78 is 3.29. The second-order valence-electron chi connectivity index (χ2n) is 5.22. The molecule has 1 N–H and O–H groups in total. The van der Waals surface area contributed by atoms with Gasteiger partial charge in [0.15, 0.2) is 0 Å². The van der Waals surface area contributed by atoms with Crippen LogP contribution in [0.1, 0.15) is 22.4 Å². The van der Waals surface area contributed by atoms with E-state index < -0.39 is 0 Å². The first kappa shape index (κ1) is 16.8. The van der Waals surface area contributed by atoms with Crippen LogP contribution >= 0.6 is 11.9 Å². The molecule has 3 aromatic rings. The second kappa shape index (κ2) is 8.70. The zero-order valence-electron chi connectivity index (χ0n) is 13.4. The van der Waals surface area contributed by atoms with Gasteiger partial charge in [-0.25, -0.2) is 4.98 Å². The van der Waals surface area contributed by atoms with Crippen LogP contribution in [-0.2, 0) is 6.54 Å². The van der Waals surface area contributed by atoms with Crippen molar-refractivity contribution >= 4 is 11.9 Å². The van der Waals surface area contributed by atoms with Gasteiger partial charge in [0.1, 0.15) is 11.8 Å². The lowest BCUT2D eigenvalue weighted by Gasteiger charge is -2.04. The van der Waals surface area contributed by atoms with Gasteiger partial charge >= 0.3 is 0 Å². The molecular weight excluding hydrogens is 326 g/mol. The summed E-state index contributed by atoms with van der Waals surface area (Å²) in [4.78, 5) is 5.08. The maximum Gasteiger partial charge on any atom is 0.140 e. The van der Waals surface area contributed by atoms with E-state index in [1.165, 1.54) is 0 Å². The van der Waals surface area contributed by atoms with E-state index in [0.717, 1.165) is 21.6 Å². The molecule has 0 aliphatic carbocycles. The Labute approximate surface area is 151 Å². The van der Waals surface area contributed by atoms with Crippen molar-refractivity contribution in [3.63, 3.8) is 0 Å². The number of nitriles is 1. The highest BCUT2D eigenvalue weighted by atomic mass is 32.2. The number of nitrogens with one attached hydrogen (secondary N) is 1. The maximum absolute atomic E-state index is 8.86. The SMILES string of the molecule is N#Cc1cc(CNSc2ccc(C#Cc3ccccc3)cc2)ccn1. The van der Waals surface area contributed by atoms with Crippen molar-refractivity contribution in [1.82, 2.24) is 9.71 Å². The van der Waals surface area contributed by atoms with Crippen molar-refractivity contribution in [2.24, 2.45) is 0 Å². The Kier molecular flexibility index (Phi) is 5.85. The largest absolute Gasteiger partial charge is 0.255 e. The minimum Gasteiger partial charge on any atom is -0.255 e. The lowest BCUT2D eigenvalue weighted by atomic mass is 10.2. The number of rotatable bonds is 4. The van der Waals surface area contributed by atoms with Crippen LogP contribution < -0.4 is 4.72 Å². The van der Waals surface area contributed by atoms with E-state index in [-0.39, 0.29) is 0 Å². The topological polar surface area (TPSA) is 48.7 Å². The fourth-order valence-corrected chi connectivity index (χ4v) is 2.80. The van der Waals surface area contributed by atoms with Crippen LogP contribution in [0.15, 0.2) is 77.8 Å². The molecule has 1 heterocycles. The minimum absolute atomic E-state index is 0.436. The van der Waals surface area contributed by atoms with Crippen molar-refractivity contribution < 1.29 is 0 Å². The van der Waals surface area contributed by atoms with Crippen molar-refractivity contribution in [1.29, 1.82) is 5.26 Å². The van der Waals surface area contributed by atoms with Crippen LogP contribution in [0.4, 0.5) is 0 Å². The summed E-state index contributed by atoms with van der Waals surface area (Å²) in [5.41, 5.74) is 3.47. The average molecular weight is 341 g/mol. The van der Waals surface area contributed by atoms with E-state index in [0.29, 0.717) is 12.2 Å². The van der Waals surface area contributed by atoms with Gasteiger partial charge in [0.05, 0.1) is 0 Å². The van der Waals surface area contributed by atoms with E-state index in [1.54, 1.807) is 24.2 Å². The number of pyridine rings is 1. The zero-order valence-corrected chi connectivity index (χ0v) is 14.3. The molecule has 0 aliphatic heterocycles. The minimum atomic E-state index is 0.436. The Morgan fingerprint density at radius 1 is 0.920 bits per heavy atom. The molecule has 0 saturated carbocycles. The van der Waals surface area contributed by atoms with E-state index in [1.807, 2.05) is 66.7 Å². The van der Waals surface area contributed by atoms with E-state index in [4.69, 9.17) is 5.26 Å². The smallest absolute Gasteiger partial charge is 0.140 e. The molecule has 120 valence electrons. The van der Waals surface area contributed by atoms with Gasteiger partial charge in [-0.1, -0.05) is 30.0 Å². The summed E-state index contributed by atoms with van der Waals surface area (Å²) in [5, 5.41) is 8.86. The highest BCUT2D eigenvalue weighted by Gasteiger charge is 1.98. The van der Waals surface area contributed by atoms with Crippen LogP contribution in [-0.4, -0.2) is 4.98 Å². The molecule has 3 rings (SSSR count). The first-order chi connectivity index (χ1) is 12.3. The monoisotopic (exact) mass is 341 g/mol. The second-order valence-corrected chi connectivity index (χ2v) is 6.19. The van der Waals surface area contributed by atoms with E-state index in [2.05, 4.69) is 21.5 Å². The fourth-order valence-electron chi connectivity index (χ4n) is 2.12. The van der Waals surface area contributed by atoms with Gasteiger partial charge in [0, 0.05) is 28.8 Å². The van der Waals surface area contributed by atoms with Gasteiger partial charge in [0.2, 0.25) is 0 Å². The van der Waals surface area contributed by atoms with Gasteiger partial charge < -0.3 is 0 Å². The number of nitrogens with zero attached hydrogens (tertiary/aromatic N) is 2. The van der Waals surface area contributed by atoms with Crippen LogP contribution in [0.3, 0.4) is 0 Å². The highest BCUT2D eigenvalue weighted by Crippen LogP contribution is 2.16.